The van der Waals surface area contributed by atoms with Gasteiger partial charge < -0.3 is 25.8 Å². The number of amides is 5. The summed E-state index contributed by atoms with van der Waals surface area (Å²) in [6, 6.07) is -3.66. The van der Waals surface area contributed by atoms with E-state index in [-0.39, 0.29) is 47.3 Å². The van der Waals surface area contributed by atoms with E-state index in [0.717, 1.165) is 57.8 Å². The summed E-state index contributed by atoms with van der Waals surface area (Å²) < 4.78 is 0. The Morgan fingerprint density at radius 1 is 0.959 bits per heavy atom. The number of aromatic nitrogens is 2. The molecule has 13 heteroatoms. The van der Waals surface area contributed by atoms with E-state index in [0.29, 0.717) is 19.4 Å². The van der Waals surface area contributed by atoms with Gasteiger partial charge in [-0.15, -0.1) is 0 Å². The molecule has 3 saturated carbocycles. The molecule has 3 aliphatic carbocycles. The van der Waals surface area contributed by atoms with E-state index in [1.807, 2.05) is 27.7 Å². The highest BCUT2D eigenvalue weighted by Gasteiger charge is 2.64. The first-order valence-electron chi connectivity index (χ1n) is 18.2. The zero-order valence-electron chi connectivity index (χ0n) is 29.2. The molecule has 0 spiro atoms. The molecule has 0 aromatic carbocycles. The van der Waals surface area contributed by atoms with Crippen molar-refractivity contribution in [1.29, 1.82) is 0 Å². The van der Waals surface area contributed by atoms with Crippen molar-refractivity contribution in [2.24, 2.45) is 23.2 Å². The Kier molecular flexibility index (Phi) is 10.1. The molecule has 0 radical (unpaired) electrons. The van der Waals surface area contributed by atoms with Crippen molar-refractivity contribution in [3.8, 4) is 0 Å². The molecule has 6 rings (SSSR count). The summed E-state index contributed by atoms with van der Waals surface area (Å²) in [5.74, 6) is -2.95. The number of Topliss-reactive ketones (excluding diaryl/α,β-unsaturated/α-hetero) is 1. The average Bonchev–Trinajstić information content (AvgIpc) is 3.56. The Morgan fingerprint density at radius 3 is 2.33 bits per heavy atom. The van der Waals surface area contributed by atoms with Gasteiger partial charge in [-0.3, -0.25) is 33.8 Å². The van der Waals surface area contributed by atoms with Crippen molar-refractivity contribution in [2.45, 2.75) is 135 Å². The lowest BCUT2D eigenvalue weighted by atomic mass is 9.82. The number of carbonyl (C=O) groups is 6. The van der Waals surface area contributed by atoms with Crippen LogP contribution >= 0.6 is 0 Å². The monoisotopic (exact) mass is 677 g/mol. The first-order valence-corrected chi connectivity index (χ1v) is 18.2. The van der Waals surface area contributed by atoms with Gasteiger partial charge in [-0.1, -0.05) is 53.4 Å². The number of ketones is 1. The molecule has 49 heavy (non-hydrogen) atoms. The third kappa shape index (κ3) is 7.08. The van der Waals surface area contributed by atoms with Gasteiger partial charge in [-0.25, -0.2) is 4.98 Å². The van der Waals surface area contributed by atoms with Crippen LogP contribution in [0, 0.1) is 23.2 Å². The van der Waals surface area contributed by atoms with Gasteiger partial charge in [0.15, 0.2) is 0 Å². The average molecular weight is 678 g/mol. The van der Waals surface area contributed by atoms with E-state index in [4.69, 9.17) is 0 Å². The second kappa shape index (κ2) is 14.1. The molecule has 1 aromatic rings. The summed E-state index contributed by atoms with van der Waals surface area (Å²) in [7, 11) is 0. The van der Waals surface area contributed by atoms with Gasteiger partial charge in [0.05, 0.1) is 6.20 Å². The topological polar surface area (TPSA) is 171 Å². The number of hydrogen-bond donors (Lipinski definition) is 3. The Balaban J connectivity index is 1.23. The van der Waals surface area contributed by atoms with Crippen molar-refractivity contribution < 1.29 is 28.8 Å². The van der Waals surface area contributed by atoms with Gasteiger partial charge in [0.25, 0.3) is 11.8 Å². The highest BCUT2D eigenvalue weighted by molar-refractivity contribution is 6.38. The third-order valence-corrected chi connectivity index (χ3v) is 11.3. The predicted molar refractivity (Wildman–Crippen MR) is 178 cm³/mol. The van der Waals surface area contributed by atoms with Crippen LogP contribution in [0.1, 0.15) is 109 Å². The molecule has 266 valence electrons. The number of carbonyl (C=O) groups excluding carboxylic acids is 6. The fraction of sp³-hybridized carbons (Fsp3) is 0.722. The molecule has 13 nitrogen and oxygen atoms in total. The summed E-state index contributed by atoms with van der Waals surface area (Å²) in [6.07, 6.45) is 13.0. The highest BCUT2D eigenvalue weighted by atomic mass is 16.2. The molecule has 3 N–H and O–H groups in total. The minimum atomic E-state index is -0.976. The Labute approximate surface area is 288 Å². The van der Waals surface area contributed by atoms with Crippen LogP contribution in [0.15, 0.2) is 18.6 Å². The quantitative estimate of drug-likeness (QED) is 0.283. The molecular formula is C36H51N7O6. The lowest BCUT2D eigenvalue weighted by Crippen LogP contribution is -2.61. The van der Waals surface area contributed by atoms with E-state index in [2.05, 4.69) is 25.9 Å². The van der Waals surface area contributed by atoms with Gasteiger partial charge >= 0.3 is 0 Å². The summed E-state index contributed by atoms with van der Waals surface area (Å²) in [4.78, 5) is 94.0. The van der Waals surface area contributed by atoms with Crippen LogP contribution in [0.3, 0.4) is 0 Å². The summed E-state index contributed by atoms with van der Waals surface area (Å²) in [6.45, 7) is 7.96. The molecule has 1 aromatic heterocycles. The highest BCUT2D eigenvalue weighted by Crippen LogP contribution is 2.51. The number of nitrogens with one attached hydrogen (secondary N) is 3. The van der Waals surface area contributed by atoms with Crippen molar-refractivity contribution in [3.63, 3.8) is 0 Å². The molecular weight excluding hydrogens is 626 g/mol. The van der Waals surface area contributed by atoms with E-state index in [9.17, 15) is 28.8 Å². The minimum absolute atomic E-state index is 0.0268. The molecule has 5 fully saturated rings. The zero-order chi connectivity index (χ0) is 35.0. The molecule has 2 aliphatic heterocycles. The van der Waals surface area contributed by atoms with Crippen LogP contribution in [-0.2, 0) is 24.0 Å². The van der Waals surface area contributed by atoms with E-state index < -0.39 is 53.1 Å². The lowest BCUT2D eigenvalue weighted by Gasteiger charge is -2.37. The third-order valence-electron chi connectivity index (χ3n) is 11.3. The van der Waals surface area contributed by atoms with E-state index in [1.54, 1.807) is 9.80 Å². The van der Waals surface area contributed by atoms with Gasteiger partial charge in [0.2, 0.25) is 23.5 Å². The molecule has 7 atom stereocenters. The van der Waals surface area contributed by atoms with Crippen LogP contribution in [0.2, 0.25) is 0 Å². The van der Waals surface area contributed by atoms with Gasteiger partial charge in [-0.05, 0) is 62.2 Å². The smallest absolute Gasteiger partial charge is 0.289 e. The molecule has 2 saturated heterocycles. The molecule has 5 amide bonds. The van der Waals surface area contributed by atoms with Gasteiger partial charge in [0.1, 0.15) is 29.9 Å². The molecule has 1 unspecified atom stereocenters. The van der Waals surface area contributed by atoms with Crippen LogP contribution in [-0.4, -0.2) is 97.9 Å². The van der Waals surface area contributed by atoms with Crippen molar-refractivity contribution in [2.75, 3.05) is 6.54 Å². The van der Waals surface area contributed by atoms with Crippen molar-refractivity contribution in [1.82, 2.24) is 35.7 Å². The summed E-state index contributed by atoms with van der Waals surface area (Å²) in [5, 5.41) is 8.71. The van der Waals surface area contributed by atoms with Crippen molar-refractivity contribution >= 4 is 35.3 Å². The maximum atomic E-state index is 14.6. The minimum Gasteiger partial charge on any atom is -0.347 e. The number of likely N-dealkylation sites (tertiary alicyclic amines) is 2. The maximum Gasteiger partial charge on any atom is 0.289 e. The van der Waals surface area contributed by atoms with Crippen LogP contribution in [0.4, 0.5) is 0 Å². The Morgan fingerprint density at radius 2 is 1.69 bits per heavy atom. The first kappa shape index (κ1) is 34.9. The Bertz CT molecular complexity index is 1450. The fourth-order valence-corrected chi connectivity index (χ4v) is 8.74. The van der Waals surface area contributed by atoms with Gasteiger partial charge in [0, 0.05) is 36.9 Å². The van der Waals surface area contributed by atoms with E-state index in [1.165, 1.54) is 18.6 Å². The van der Waals surface area contributed by atoms with E-state index >= 15 is 0 Å². The maximum absolute atomic E-state index is 14.6. The zero-order valence-corrected chi connectivity index (χ0v) is 29.2. The number of hydrogen-bond acceptors (Lipinski definition) is 8. The van der Waals surface area contributed by atoms with Crippen LogP contribution in [0.5, 0.6) is 0 Å². The second-order valence-corrected chi connectivity index (χ2v) is 15.8. The predicted octanol–water partition coefficient (Wildman–Crippen LogP) is 2.15. The standard InChI is InChI=1S/C36H51N7O6/c1-5-9-25(29(44)33(47)39-22-13-14-22)43-24-15-12-21-19-42(28(26(21)24)34(43)48)35(49)30(36(2,3)4)41-32(46)27(20-10-7-6-8-11-20)40-31(45)23-18-37-16-17-38-23/h16-18,20-22,24-28,30H,5-15,19H2,1-4H3,(H,39,47)(H,40,45)(H,41,46)/t21-,24?,25-,26+,27-,28-,30+/m0/s1. The fourth-order valence-electron chi connectivity index (χ4n) is 8.74. The lowest BCUT2D eigenvalue weighted by molar-refractivity contribution is -0.149. The summed E-state index contributed by atoms with van der Waals surface area (Å²) >= 11 is 0. The molecule has 3 heterocycles. The second-order valence-electron chi connectivity index (χ2n) is 15.8. The molecule has 0 bridgehead atoms. The summed E-state index contributed by atoms with van der Waals surface area (Å²) in [5.41, 5.74) is -0.620. The van der Waals surface area contributed by atoms with Gasteiger partial charge in [-0.2, -0.15) is 0 Å². The first-order chi connectivity index (χ1) is 23.4. The molecule has 5 aliphatic rings. The SMILES string of the molecule is CCC[C@@H](C(=O)C(=O)NC1CC1)N1C(=O)[C@@H]2[C@H]3C1CC[C@H]3CN2C(=O)[C@@H](NC(=O)[C@@H](NC(=O)c1cnccn1)C1CCCCC1)C(C)(C)C. The number of nitrogens with zero attached hydrogens (tertiary/aromatic N) is 4. The normalized spacial score (nSPS) is 26.9. The van der Waals surface area contributed by atoms with Crippen molar-refractivity contribution in [3.05, 3.63) is 24.3 Å². The number of rotatable bonds is 12. The largest absolute Gasteiger partial charge is 0.347 e. The van der Waals surface area contributed by atoms with Crippen LogP contribution in [0.25, 0.3) is 0 Å². The van der Waals surface area contributed by atoms with Crippen LogP contribution < -0.4 is 16.0 Å². The Hall–Kier alpha value is -3.90.